The van der Waals surface area contributed by atoms with E-state index in [1.54, 1.807) is 0 Å². The molecule has 0 N–H and O–H groups in total. The summed E-state index contributed by atoms with van der Waals surface area (Å²) in [6.45, 7) is 17.7. The maximum absolute atomic E-state index is 12.0. The third kappa shape index (κ3) is 2.82. The molecule has 0 aromatic rings. The van der Waals surface area contributed by atoms with E-state index in [-0.39, 0.29) is 29.0 Å². The summed E-state index contributed by atoms with van der Waals surface area (Å²) < 4.78 is 5.16. The number of hydrogen-bond donors (Lipinski definition) is 0. The minimum Gasteiger partial charge on any atom is -0.448 e. The van der Waals surface area contributed by atoms with Gasteiger partial charge < -0.3 is 9.64 Å². The Morgan fingerprint density at radius 2 is 1.79 bits per heavy atom. The zero-order valence-corrected chi connectivity index (χ0v) is 16.1. The largest absolute Gasteiger partial charge is 0.448 e. The molecule has 0 radical (unpaired) electrons. The van der Waals surface area contributed by atoms with Crippen LogP contribution in [0.4, 0.5) is 4.79 Å². The Balaban J connectivity index is 2.02. The van der Waals surface area contributed by atoms with Crippen LogP contribution in [-0.4, -0.2) is 53.5 Å². The Labute approximate surface area is 145 Å². The van der Waals surface area contributed by atoms with E-state index >= 15 is 0 Å². The number of carbonyl (C=O) groups is 1. The summed E-state index contributed by atoms with van der Waals surface area (Å²) in [4.78, 5) is 21.4. The van der Waals surface area contributed by atoms with E-state index in [1.807, 2.05) is 4.90 Å². The van der Waals surface area contributed by atoms with Crippen LogP contribution in [0.15, 0.2) is 16.3 Å². The van der Waals surface area contributed by atoms with Gasteiger partial charge in [0.15, 0.2) is 0 Å². The molecule has 0 spiro atoms. The molecule has 24 heavy (non-hydrogen) atoms. The predicted octanol–water partition coefficient (Wildman–Crippen LogP) is 3.66. The molecule has 2 saturated heterocycles. The smallest absolute Gasteiger partial charge is 0.410 e. The van der Waals surface area contributed by atoms with Gasteiger partial charge in [-0.05, 0) is 17.9 Å². The first-order chi connectivity index (χ1) is 11.0. The minimum atomic E-state index is -0.167. The molecule has 0 unspecified atom stereocenters. The predicted molar refractivity (Wildman–Crippen MR) is 96.0 cm³/mol. The Kier molecular flexibility index (Phi) is 3.97. The first-order valence-electron chi connectivity index (χ1n) is 9.03. The first-order valence-corrected chi connectivity index (χ1v) is 9.03. The van der Waals surface area contributed by atoms with Gasteiger partial charge in [-0.15, -0.1) is 0 Å². The zero-order chi connectivity index (χ0) is 17.9. The Hall–Kier alpha value is -1.52. The lowest BCUT2D eigenvalue weighted by molar-refractivity contribution is 0.149. The van der Waals surface area contributed by atoms with Gasteiger partial charge in [-0.1, -0.05) is 41.5 Å². The van der Waals surface area contributed by atoms with Crippen molar-refractivity contribution in [2.75, 3.05) is 19.7 Å². The highest BCUT2D eigenvalue weighted by molar-refractivity contribution is 5.90. The number of cyclic esters (lactones) is 1. The molecule has 0 aliphatic carbocycles. The molecule has 134 valence electrons. The molecule has 1 amide bonds. The minimum absolute atomic E-state index is 0.0106. The maximum atomic E-state index is 12.0. The van der Waals surface area contributed by atoms with Crippen LogP contribution in [0.2, 0.25) is 0 Å². The molecule has 3 heterocycles. The van der Waals surface area contributed by atoms with E-state index in [0.29, 0.717) is 13.2 Å². The van der Waals surface area contributed by atoms with Crippen LogP contribution in [0, 0.1) is 10.8 Å². The van der Waals surface area contributed by atoms with Gasteiger partial charge in [0.25, 0.3) is 0 Å². The van der Waals surface area contributed by atoms with Crippen molar-refractivity contribution < 1.29 is 9.53 Å². The van der Waals surface area contributed by atoms with Crippen LogP contribution in [-0.2, 0) is 4.74 Å². The van der Waals surface area contributed by atoms with Gasteiger partial charge in [-0.25, -0.2) is 4.79 Å². The van der Waals surface area contributed by atoms with Crippen LogP contribution in [0.3, 0.4) is 0 Å². The fraction of sp³-hybridized carbons (Fsp3) is 0.789. The van der Waals surface area contributed by atoms with Gasteiger partial charge in [0.2, 0.25) is 0 Å². The molecule has 5 heteroatoms. The van der Waals surface area contributed by atoms with Crippen LogP contribution in [0.1, 0.15) is 54.9 Å². The number of hydrogen-bond acceptors (Lipinski definition) is 4. The highest BCUT2D eigenvalue weighted by Gasteiger charge is 2.45. The van der Waals surface area contributed by atoms with Gasteiger partial charge in [-0.3, -0.25) is 9.89 Å². The normalized spacial score (nSPS) is 28.3. The number of aliphatic imine (C=N–C) groups is 1. The second kappa shape index (κ2) is 5.50. The number of rotatable bonds is 1. The monoisotopic (exact) mass is 333 g/mol. The number of nitrogens with zero attached hydrogens (tertiary/aromatic N) is 3. The Morgan fingerprint density at radius 3 is 2.29 bits per heavy atom. The van der Waals surface area contributed by atoms with Crippen LogP contribution in [0.25, 0.3) is 0 Å². The number of amidine groups is 1. The number of ether oxygens (including phenoxy) is 1. The van der Waals surface area contributed by atoms with Crippen molar-refractivity contribution in [1.29, 1.82) is 0 Å². The third-order valence-electron chi connectivity index (χ3n) is 5.16. The highest BCUT2D eigenvalue weighted by atomic mass is 16.6. The standard InChI is InChI=1S/C19H31N3O2/c1-12-15(18(2,3)4)14-10-13(21-8-9-24-17(21)23)11-22(14)16(20-12)19(5,6)7/h12-13H,8-11H2,1-7H3/t12-,13+/m0/s1. The van der Waals surface area contributed by atoms with E-state index < -0.39 is 0 Å². The molecule has 3 aliphatic heterocycles. The fourth-order valence-electron chi connectivity index (χ4n) is 4.35. The van der Waals surface area contributed by atoms with Crippen molar-refractivity contribution in [3.63, 3.8) is 0 Å². The topological polar surface area (TPSA) is 45.1 Å². The van der Waals surface area contributed by atoms with Crippen molar-refractivity contribution in [3.05, 3.63) is 11.3 Å². The van der Waals surface area contributed by atoms with Crippen molar-refractivity contribution in [1.82, 2.24) is 9.80 Å². The average molecular weight is 333 g/mol. The summed E-state index contributed by atoms with van der Waals surface area (Å²) in [5.41, 5.74) is 2.84. The number of carbonyl (C=O) groups excluding carboxylic acids is 1. The summed E-state index contributed by atoms with van der Waals surface area (Å²) in [6, 6.07) is 0.375. The molecule has 3 aliphatic rings. The van der Waals surface area contributed by atoms with Gasteiger partial charge in [0.1, 0.15) is 12.4 Å². The molecular weight excluding hydrogens is 302 g/mol. The lowest BCUT2D eigenvalue weighted by atomic mass is 9.79. The summed E-state index contributed by atoms with van der Waals surface area (Å²) in [5.74, 6) is 1.15. The van der Waals surface area contributed by atoms with Gasteiger partial charge >= 0.3 is 6.09 Å². The van der Waals surface area contributed by atoms with Crippen LogP contribution in [0.5, 0.6) is 0 Å². The van der Waals surface area contributed by atoms with Crippen LogP contribution >= 0.6 is 0 Å². The quantitative estimate of drug-likeness (QED) is 0.735. The van der Waals surface area contributed by atoms with Crippen molar-refractivity contribution in [2.45, 2.75) is 67.0 Å². The second-order valence-electron chi connectivity index (χ2n) is 9.27. The van der Waals surface area contributed by atoms with Crippen molar-refractivity contribution in [3.8, 4) is 0 Å². The Bertz CT molecular complexity index is 607. The van der Waals surface area contributed by atoms with Gasteiger partial charge in [-0.2, -0.15) is 0 Å². The summed E-state index contributed by atoms with van der Waals surface area (Å²) in [6.07, 6.45) is 0.737. The second-order valence-corrected chi connectivity index (χ2v) is 9.27. The molecule has 0 aromatic carbocycles. The number of fused-ring (bicyclic) bond motifs is 1. The van der Waals surface area contributed by atoms with Crippen molar-refractivity contribution in [2.24, 2.45) is 15.8 Å². The lowest BCUT2D eigenvalue weighted by Crippen LogP contribution is -2.45. The average Bonchev–Trinajstić information content (AvgIpc) is 3.00. The molecule has 2 fully saturated rings. The van der Waals surface area contributed by atoms with E-state index in [4.69, 9.17) is 9.73 Å². The SMILES string of the molecule is C[C@@H]1N=C(C(C)(C)C)N2C[C@H](N3CCOC3=O)CC2=C1C(C)(C)C. The highest BCUT2D eigenvalue weighted by Crippen LogP contribution is 2.43. The van der Waals surface area contributed by atoms with E-state index in [1.165, 1.54) is 11.3 Å². The summed E-state index contributed by atoms with van der Waals surface area (Å²) >= 11 is 0. The van der Waals surface area contributed by atoms with Gasteiger partial charge in [0.05, 0.1) is 18.6 Å². The third-order valence-corrected chi connectivity index (χ3v) is 5.16. The lowest BCUT2D eigenvalue weighted by Gasteiger charge is -2.41. The van der Waals surface area contributed by atoms with E-state index in [2.05, 4.69) is 53.4 Å². The molecule has 2 atom stereocenters. The first kappa shape index (κ1) is 17.3. The molecule has 5 nitrogen and oxygen atoms in total. The Morgan fingerprint density at radius 1 is 1.12 bits per heavy atom. The molecule has 0 bridgehead atoms. The maximum Gasteiger partial charge on any atom is 0.410 e. The molecular formula is C19H31N3O2. The van der Waals surface area contributed by atoms with Gasteiger partial charge in [0, 0.05) is 24.1 Å². The zero-order valence-electron chi connectivity index (χ0n) is 16.1. The fourth-order valence-corrected chi connectivity index (χ4v) is 4.35. The van der Waals surface area contributed by atoms with Crippen LogP contribution < -0.4 is 0 Å². The van der Waals surface area contributed by atoms with E-state index in [0.717, 1.165) is 18.8 Å². The number of amides is 1. The van der Waals surface area contributed by atoms with E-state index in [9.17, 15) is 4.79 Å². The molecule has 0 saturated carbocycles. The van der Waals surface area contributed by atoms with Crippen molar-refractivity contribution >= 4 is 11.9 Å². The molecule has 0 aromatic heterocycles. The summed E-state index contributed by atoms with van der Waals surface area (Å²) in [5, 5.41) is 0. The summed E-state index contributed by atoms with van der Waals surface area (Å²) in [7, 11) is 0. The molecule has 3 rings (SSSR count).